The number of rotatable bonds is 10. The predicted molar refractivity (Wildman–Crippen MR) is 120 cm³/mol. The van der Waals surface area contributed by atoms with E-state index in [0.29, 0.717) is 22.5 Å². The Balaban J connectivity index is 2.28. The number of carbonyl (C=O) groups is 1. The van der Waals surface area contributed by atoms with E-state index in [4.69, 9.17) is 9.47 Å². The number of anilines is 2. The molecule has 166 valence electrons. The average Bonchev–Trinajstić information content (AvgIpc) is 3.12. The molecule has 0 unspecified atom stereocenters. The van der Waals surface area contributed by atoms with Crippen LogP contribution in [-0.2, 0) is 14.8 Å². The number of nitrogens with one attached hydrogen (secondary N) is 1. The molecule has 2 aromatic rings. The van der Waals surface area contributed by atoms with Crippen LogP contribution in [0.2, 0.25) is 0 Å². The standard InChI is InChI=1S/C18H26N4O5S3/c1-11(2)10-28-18-21-20-17(29-18)19-16(23)12(3)22(30(6,24)25)14-9-13(26-4)7-8-15(14)27-5/h7-9,11-12H,10H2,1-6H3,(H,19,20,23)/t12-/m0/s1. The number of amides is 1. The number of benzene rings is 1. The van der Waals surface area contributed by atoms with E-state index in [1.807, 2.05) is 0 Å². The van der Waals surface area contributed by atoms with Gasteiger partial charge in [-0.15, -0.1) is 10.2 Å². The van der Waals surface area contributed by atoms with E-state index in [-0.39, 0.29) is 5.69 Å². The first-order valence-corrected chi connectivity index (χ1v) is 12.7. The van der Waals surface area contributed by atoms with Crippen molar-refractivity contribution < 1.29 is 22.7 Å². The zero-order valence-electron chi connectivity index (χ0n) is 17.7. The van der Waals surface area contributed by atoms with Gasteiger partial charge in [0.2, 0.25) is 21.1 Å². The molecule has 0 fully saturated rings. The molecule has 0 bridgehead atoms. The Morgan fingerprint density at radius 1 is 1.23 bits per heavy atom. The van der Waals surface area contributed by atoms with Crippen molar-refractivity contribution in [3.8, 4) is 11.5 Å². The van der Waals surface area contributed by atoms with Gasteiger partial charge in [-0.1, -0.05) is 36.9 Å². The summed E-state index contributed by atoms with van der Waals surface area (Å²) >= 11 is 2.80. The van der Waals surface area contributed by atoms with Crippen molar-refractivity contribution in [1.82, 2.24) is 10.2 Å². The van der Waals surface area contributed by atoms with Gasteiger partial charge in [-0.2, -0.15) is 0 Å². The minimum Gasteiger partial charge on any atom is -0.497 e. The van der Waals surface area contributed by atoms with E-state index in [2.05, 4.69) is 29.4 Å². The van der Waals surface area contributed by atoms with Gasteiger partial charge in [0.15, 0.2) is 4.34 Å². The van der Waals surface area contributed by atoms with Crippen molar-refractivity contribution in [2.45, 2.75) is 31.2 Å². The van der Waals surface area contributed by atoms with Gasteiger partial charge >= 0.3 is 0 Å². The third-order valence-electron chi connectivity index (χ3n) is 3.89. The van der Waals surface area contributed by atoms with Crippen LogP contribution in [0, 0.1) is 5.92 Å². The Morgan fingerprint density at radius 3 is 2.50 bits per heavy atom. The van der Waals surface area contributed by atoms with E-state index in [1.54, 1.807) is 23.9 Å². The molecule has 9 nitrogen and oxygen atoms in total. The molecule has 0 radical (unpaired) electrons. The zero-order chi connectivity index (χ0) is 22.5. The summed E-state index contributed by atoms with van der Waals surface area (Å²) in [5, 5.41) is 11.0. The van der Waals surface area contributed by atoms with Crippen LogP contribution in [0.5, 0.6) is 11.5 Å². The lowest BCUT2D eigenvalue weighted by Gasteiger charge is -2.29. The Bertz CT molecular complexity index is 978. The Kier molecular flexibility index (Phi) is 8.33. The third-order valence-corrected chi connectivity index (χ3v) is 7.52. The summed E-state index contributed by atoms with van der Waals surface area (Å²) < 4.78 is 37.4. The summed E-state index contributed by atoms with van der Waals surface area (Å²) in [4.78, 5) is 12.8. The zero-order valence-corrected chi connectivity index (χ0v) is 20.2. The molecule has 12 heteroatoms. The minimum atomic E-state index is -3.82. The molecule has 0 saturated carbocycles. The van der Waals surface area contributed by atoms with Crippen molar-refractivity contribution in [1.29, 1.82) is 0 Å². The lowest BCUT2D eigenvalue weighted by molar-refractivity contribution is -0.116. The lowest BCUT2D eigenvalue weighted by atomic mass is 10.2. The fourth-order valence-electron chi connectivity index (χ4n) is 2.52. The van der Waals surface area contributed by atoms with Gasteiger partial charge in [-0.05, 0) is 25.0 Å². The fraction of sp³-hybridized carbons (Fsp3) is 0.500. The first-order chi connectivity index (χ1) is 14.1. The highest BCUT2D eigenvalue weighted by Crippen LogP contribution is 2.35. The number of sulfonamides is 1. The van der Waals surface area contributed by atoms with Crippen LogP contribution in [0.1, 0.15) is 20.8 Å². The van der Waals surface area contributed by atoms with E-state index in [9.17, 15) is 13.2 Å². The molecular formula is C18H26N4O5S3. The van der Waals surface area contributed by atoms with Crippen molar-refractivity contribution in [3.05, 3.63) is 18.2 Å². The Hall–Kier alpha value is -2.05. The van der Waals surface area contributed by atoms with Crippen LogP contribution in [0.3, 0.4) is 0 Å². The summed E-state index contributed by atoms with van der Waals surface area (Å²) in [6.45, 7) is 5.70. The summed E-state index contributed by atoms with van der Waals surface area (Å²) in [6.07, 6.45) is 1.03. The molecule has 0 aliphatic carbocycles. The van der Waals surface area contributed by atoms with Crippen LogP contribution in [-0.4, -0.2) is 56.8 Å². The molecule has 1 amide bonds. The molecule has 0 aliphatic heterocycles. The maximum atomic E-state index is 12.8. The Morgan fingerprint density at radius 2 is 1.93 bits per heavy atom. The lowest BCUT2D eigenvalue weighted by Crippen LogP contribution is -2.45. The van der Waals surface area contributed by atoms with E-state index < -0.39 is 22.0 Å². The highest BCUT2D eigenvalue weighted by Gasteiger charge is 2.32. The van der Waals surface area contributed by atoms with E-state index in [1.165, 1.54) is 38.5 Å². The molecule has 2 rings (SSSR count). The number of thioether (sulfide) groups is 1. The fourth-order valence-corrected chi connectivity index (χ4v) is 5.42. The van der Waals surface area contributed by atoms with E-state index >= 15 is 0 Å². The second-order valence-electron chi connectivity index (χ2n) is 6.84. The molecule has 30 heavy (non-hydrogen) atoms. The van der Waals surface area contributed by atoms with Gasteiger partial charge < -0.3 is 9.47 Å². The molecule has 1 atom stereocenters. The van der Waals surface area contributed by atoms with Crippen molar-refractivity contribution >= 4 is 49.8 Å². The van der Waals surface area contributed by atoms with Gasteiger partial charge in [0.1, 0.15) is 17.5 Å². The number of aromatic nitrogens is 2. The molecule has 0 aliphatic rings. The topological polar surface area (TPSA) is 111 Å². The Labute approximate surface area is 185 Å². The van der Waals surface area contributed by atoms with Gasteiger partial charge in [0.25, 0.3) is 0 Å². The monoisotopic (exact) mass is 474 g/mol. The minimum absolute atomic E-state index is 0.201. The number of hydrogen-bond acceptors (Lipinski definition) is 9. The van der Waals surface area contributed by atoms with Crippen molar-refractivity contribution in [3.63, 3.8) is 0 Å². The summed E-state index contributed by atoms with van der Waals surface area (Å²) in [5.74, 6) is 1.57. The third kappa shape index (κ3) is 6.22. The normalized spacial score (nSPS) is 12.5. The van der Waals surface area contributed by atoms with Crippen LogP contribution < -0.4 is 19.1 Å². The van der Waals surface area contributed by atoms with Crippen molar-refractivity contribution in [2.75, 3.05) is 35.9 Å². The molecule has 1 aromatic heterocycles. The smallest absolute Gasteiger partial charge is 0.249 e. The van der Waals surface area contributed by atoms with Crippen LogP contribution in [0.25, 0.3) is 0 Å². The van der Waals surface area contributed by atoms with Crippen molar-refractivity contribution in [2.24, 2.45) is 5.92 Å². The molecule has 1 N–H and O–H groups in total. The van der Waals surface area contributed by atoms with Crippen LogP contribution in [0.4, 0.5) is 10.8 Å². The second kappa shape index (κ2) is 10.3. The van der Waals surface area contributed by atoms with Crippen LogP contribution in [0.15, 0.2) is 22.5 Å². The second-order valence-corrected chi connectivity index (χ2v) is 10.9. The number of hydrogen-bond donors (Lipinski definition) is 1. The predicted octanol–water partition coefficient (Wildman–Crippen LogP) is 3.10. The highest BCUT2D eigenvalue weighted by atomic mass is 32.2. The molecule has 0 spiro atoms. The summed E-state index contributed by atoms with van der Waals surface area (Å²) in [5.41, 5.74) is 0.201. The number of ether oxygens (including phenoxy) is 2. The first-order valence-electron chi connectivity index (χ1n) is 9.05. The quantitative estimate of drug-likeness (QED) is 0.413. The molecule has 0 saturated heterocycles. The van der Waals surface area contributed by atoms with Gasteiger partial charge in [0.05, 0.1) is 26.2 Å². The number of nitrogens with zero attached hydrogens (tertiary/aromatic N) is 3. The van der Waals surface area contributed by atoms with Gasteiger partial charge in [-0.3, -0.25) is 14.4 Å². The number of methoxy groups -OCH3 is 2. The highest BCUT2D eigenvalue weighted by molar-refractivity contribution is 8.01. The first kappa shape index (κ1) is 24.2. The molecular weight excluding hydrogens is 448 g/mol. The summed E-state index contributed by atoms with van der Waals surface area (Å²) in [7, 11) is -0.931. The average molecular weight is 475 g/mol. The van der Waals surface area contributed by atoms with Crippen LogP contribution >= 0.6 is 23.1 Å². The van der Waals surface area contributed by atoms with Gasteiger partial charge in [-0.25, -0.2) is 8.42 Å². The summed E-state index contributed by atoms with van der Waals surface area (Å²) in [6, 6.07) is 3.66. The largest absolute Gasteiger partial charge is 0.497 e. The number of carbonyl (C=O) groups excluding carboxylic acids is 1. The van der Waals surface area contributed by atoms with Gasteiger partial charge in [0, 0.05) is 11.8 Å². The SMILES string of the molecule is COc1ccc(OC)c(N([C@@H](C)C(=O)Nc2nnc(SCC(C)C)s2)S(C)(=O)=O)c1. The maximum absolute atomic E-state index is 12.8. The molecule has 1 heterocycles. The van der Waals surface area contributed by atoms with E-state index in [0.717, 1.165) is 20.7 Å². The maximum Gasteiger partial charge on any atom is 0.249 e. The molecule has 1 aromatic carbocycles.